The van der Waals surface area contributed by atoms with Gasteiger partial charge >= 0.3 is 19.4 Å². The molecular weight excluding hydrogens is 573 g/mol. The molecule has 0 amide bonds. The Morgan fingerprint density at radius 1 is 1.27 bits per heavy atom. The van der Waals surface area contributed by atoms with Crippen LogP contribution in [-0.4, -0.2) is 51.6 Å². The van der Waals surface area contributed by atoms with Crippen molar-refractivity contribution in [1.29, 1.82) is 0 Å². The maximum Gasteiger partial charge on any atom is 0.459 e. The Kier molecular flexibility index (Phi) is 9.20. The molecule has 1 aliphatic heterocycles. The Hall–Kier alpha value is -2.28. The highest BCUT2D eigenvalue weighted by molar-refractivity contribution is 9.10. The highest BCUT2D eigenvalue weighted by Crippen LogP contribution is 2.48. The number of nitrogens with zero attached hydrogens (tertiary/aromatic N) is 1. The lowest BCUT2D eigenvalue weighted by atomic mass is 9.84. The van der Waals surface area contributed by atoms with Gasteiger partial charge in [0.25, 0.3) is 5.56 Å². The average molecular weight is 604 g/mol. The molecule has 1 aromatic carbocycles. The van der Waals surface area contributed by atoms with Crippen LogP contribution in [0.25, 0.3) is 0 Å². The van der Waals surface area contributed by atoms with Crippen molar-refractivity contribution in [3.05, 3.63) is 61.8 Å². The van der Waals surface area contributed by atoms with Crippen molar-refractivity contribution in [2.24, 2.45) is 5.41 Å². The quantitative estimate of drug-likeness (QED) is 0.272. The summed E-state index contributed by atoms with van der Waals surface area (Å²) in [5.74, 6) is -0.435. The number of hydrogen-bond donors (Lipinski definition) is 3. The van der Waals surface area contributed by atoms with E-state index in [1.165, 1.54) is 13.1 Å². The highest BCUT2D eigenvalue weighted by Gasteiger charge is 2.52. The van der Waals surface area contributed by atoms with E-state index in [9.17, 15) is 24.1 Å². The SMILES string of the molecule is CC(C)OC(=O)[C@@H](C)NP(=O)(OC[C@H]1O[C@@H](n2cc(Br)c(=O)[nH]c2=O)C(C)(C)[C@@H]1O)Oc1ccccc1. The first-order chi connectivity index (χ1) is 17.2. The third-order valence-electron chi connectivity index (χ3n) is 5.67. The van der Waals surface area contributed by atoms with Crippen molar-refractivity contribution in [3.63, 3.8) is 0 Å². The van der Waals surface area contributed by atoms with E-state index in [-0.39, 0.29) is 16.3 Å². The van der Waals surface area contributed by atoms with Gasteiger partial charge in [0.1, 0.15) is 24.1 Å². The van der Waals surface area contributed by atoms with Gasteiger partial charge in [0, 0.05) is 11.6 Å². The predicted octanol–water partition coefficient (Wildman–Crippen LogP) is 2.72. The molecule has 0 bridgehead atoms. The largest absolute Gasteiger partial charge is 0.462 e. The van der Waals surface area contributed by atoms with E-state index in [0.29, 0.717) is 0 Å². The molecule has 14 heteroatoms. The number of rotatable bonds is 10. The minimum absolute atomic E-state index is 0.105. The van der Waals surface area contributed by atoms with E-state index in [1.807, 2.05) is 0 Å². The molecule has 204 valence electrons. The molecule has 0 radical (unpaired) electrons. The molecule has 3 N–H and O–H groups in total. The number of hydrogen-bond acceptors (Lipinski definition) is 9. The lowest BCUT2D eigenvalue weighted by Crippen LogP contribution is -2.40. The van der Waals surface area contributed by atoms with Crippen molar-refractivity contribution in [3.8, 4) is 5.75 Å². The summed E-state index contributed by atoms with van der Waals surface area (Å²) in [6.45, 7) is 7.76. The second-order valence-electron chi connectivity index (χ2n) is 9.47. The minimum atomic E-state index is -4.20. The summed E-state index contributed by atoms with van der Waals surface area (Å²) >= 11 is 3.09. The number of aliphatic hydroxyl groups excluding tert-OH is 1. The zero-order chi connectivity index (χ0) is 27.5. The first kappa shape index (κ1) is 29.3. The van der Waals surface area contributed by atoms with Crippen LogP contribution in [0.15, 0.2) is 50.6 Å². The number of para-hydroxylation sites is 1. The fourth-order valence-corrected chi connectivity index (χ4v) is 5.56. The van der Waals surface area contributed by atoms with Gasteiger partial charge in [-0.1, -0.05) is 32.0 Å². The van der Waals surface area contributed by atoms with Gasteiger partial charge in [0.15, 0.2) is 0 Å². The Morgan fingerprint density at radius 2 is 1.92 bits per heavy atom. The number of aromatic nitrogens is 2. The van der Waals surface area contributed by atoms with Crippen molar-refractivity contribution < 1.29 is 33.0 Å². The summed E-state index contributed by atoms with van der Waals surface area (Å²) in [6.07, 6.45) is -2.30. The number of esters is 1. The normalized spacial score (nSPS) is 23.4. The molecule has 5 atom stereocenters. The molecule has 3 rings (SSSR count). The lowest BCUT2D eigenvalue weighted by molar-refractivity contribution is -0.149. The molecular formula is C23H31BrN3O9P. The summed E-state index contributed by atoms with van der Waals surface area (Å²) in [7, 11) is -4.20. The van der Waals surface area contributed by atoms with Gasteiger partial charge < -0.3 is 19.1 Å². The first-order valence-corrected chi connectivity index (χ1v) is 13.9. The standard InChI is InChI=1S/C23H31BrN3O9P/c1-13(2)34-20(30)14(3)26-37(32,36-15-9-7-6-8-10-15)33-12-17-18(28)23(4,5)21(35-17)27-11-16(24)19(29)25-22(27)31/h6-11,13-14,17-18,21,28H,12H2,1-5H3,(H,26,32)(H,25,29,31)/t14-,17-,18-,21-,37?/m1/s1. The molecule has 2 heterocycles. The fraction of sp³-hybridized carbons (Fsp3) is 0.522. The van der Waals surface area contributed by atoms with Crippen LogP contribution in [0.4, 0.5) is 0 Å². The molecule has 0 saturated carbocycles. The van der Waals surface area contributed by atoms with E-state index < -0.39 is 61.5 Å². The first-order valence-electron chi connectivity index (χ1n) is 11.6. The molecule has 1 fully saturated rings. The van der Waals surface area contributed by atoms with Gasteiger partial charge in [-0.15, -0.1) is 0 Å². The summed E-state index contributed by atoms with van der Waals surface area (Å²) < 4.78 is 37.3. The Balaban J connectivity index is 1.82. The van der Waals surface area contributed by atoms with E-state index >= 15 is 0 Å². The van der Waals surface area contributed by atoms with Crippen LogP contribution >= 0.6 is 23.7 Å². The fourth-order valence-electron chi connectivity index (χ4n) is 3.74. The predicted molar refractivity (Wildman–Crippen MR) is 137 cm³/mol. The Labute approximate surface area is 222 Å². The minimum Gasteiger partial charge on any atom is -0.462 e. The van der Waals surface area contributed by atoms with Gasteiger partial charge in [-0.05, 0) is 48.8 Å². The van der Waals surface area contributed by atoms with Crippen LogP contribution in [0.3, 0.4) is 0 Å². The smallest absolute Gasteiger partial charge is 0.459 e. The van der Waals surface area contributed by atoms with Crippen molar-refractivity contribution >= 4 is 29.6 Å². The number of aromatic amines is 1. The number of carbonyl (C=O) groups excluding carboxylic acids is 1. The van der Waals surface area contributed by atoms with E-state index in [4.69, 9.17) is 18.5 Å². The maximum absolute atomic E-state index is 13.7. The highest BCUT2D eigenvalue weighted by atomic mass is 79.9. The van der Waals surface area contributed by atoms with Crippen LogP contribution < -0.4 is 20.9 Å². The number of benzene rings is 1. The van der Waals surface area contributed by atoms with Crippen LogP contribution in [-0.2, 0) is 23.4 Å². The number of ether oxygens (including phenoxy) is 2. The lowest BCUT2D eigenvalue weighted by Gasteiger charge is -2.29. The van der Waals surface area contributed by atoms with Gasteiger partial charge in [-0.2, -0.15) is 5.09 Å². The molecule has 1 aromatic heterocycles. The van der Waals surface area contributed by atoms with Crippen LogP contribution in [0.5, 0.6) is 5.75 Å². The van der Waals surface area contributed by atoms with Crippen molar-refractivity contribution in [1.82, 2.24) is 14.6 Å². The van der Waals surface area contributed by atoms with Crippen LogP contribution in [0.2, 0.25) is 0 Å². The van der Waals surface area contributed by atoms with Gasteiger partial charge in [-0.3, -0.25) is 23.7 Å². The number of carbonyl (C=O) groups is 1. The molecule has 0 spiro atoms. The zero-order valence-corrected chi connectivity index (χ0v) is 23.5. The van der Waals surface area contributed by atoms with Crippen LogP contribution in [0.1, 0.15) is 40.8 Å². The van der Waals surface area contributed by atoms with Crippen molar-refractivity contribution in [2.75, 3.05) is 6.61 Å². The summed E-state index contributed by atoms with van der Waals surface area (Å²) in [5.41, 5.74) is -2.34. The Bertz CT molecular complexity index is 1260. The molecule has 37 heavy (non-hydrogen) atoms. The molecule has 1 unspecified atom stereocenters. The Morgan fingerprint density at radius 3 is 2.54 bits per heavy atom. The summed E-state index contributed by atoms with van der Waals surface area (Å²) in [5, 5.41) is 13.6. The van der Waals surface area contributed by atoms with Crippen LogP contribution in [0, 0.1) is 5.41 Å². The molecule has 1 saturated heterocycles. The summed E-state index contributed by atoms with van der Waals surface area (Å²) in [4.78, 5) is 38.7. The second-order valence-corrected chi connectivity index (χ2v) is 12.0. The van der Waals surface area contributed by atoms with Gasteiger partial charge in [0.2, 0.25) is 0 Å². The van der Waals surface area contributed by atoms with Gasteiger partial charge in [0.05, 0.1) is 23.3 Å². The topological polar surface area (TPSA) is 158 Å². The number of aliphatic hydroxyl groups is 1. The molecule has 2 aromatic rings. The summed E-state index contributed by atoms with van der Waals surface area (Å²) in [6, 6.07) is 7.18. The maximum atomic E-state index is 13.7. The molecule has 0 aliphatic carbocycles. The molecule has 1 aliphatic rings. The second kappa shape index (κ2) is 11.6. The molecule has 12 nitrogen and oxygen atoms in total. The van der Waals surface area contributed by atoms with Gasteiger partial charge in [-0.25, -0.2) is 9.36 Å². The van der Waals surface area contributed by atoms with Crippen molar-refractivity contribution in [2.45, 2.75) is 65.2 Å². The average Bonchev–Trinajstić information content (AvgIpc) is 3.03. The van der Waals surface area contributed by atoms with E-state index in [2.05, 4.69) is 26.0 Å². The number of halogens is 1. The zero-order valence-electron chi connectivity index (χ0n) is 21.0. The number of nitrogens with one attached hydrogen (secondary N) is 2. The van der Waals surface area contributed by atoms with E-state index in [0.717, 1.165) is 4.57 Å². The third-order valence-corrected chi connectivity index (χ3v) is 7.87. The third kappa shape index (κ3) is 6.98. The van der Waals surface area contributed by atoms with E-state index in [1.54, 1.807) is 58.0 Å². The monoisotopic (exact) mass is 603 g/mol. The number of H-pyrrole nitrogens is 1.